The number of oxime groups is 1. The van der Waals surface area contributed by atoms with E-state index < -0.39 is 0 Å². The molecule has 1 aromatic heterocycles. The second kappa shape index (κ2) is 5.81. The van der Waals surface area contributed by atoms with Gasteiger partial charge in [-0.1, -0.05) is 23.4 Å². The number of aromatic nitrogens is 2. The summed E-state index contributed by atoms with van der Waals surface area (Å²) in [6.07, 6.45) is 2.88. The van der Waals surface area contributed by atoms with Gasteiger partial charge in [0.25, 0.3) is 0 Å². The van der Waals surface area contributed by atoms with Crippen molar-refractivity contribution in [2.75, 3.05) is 18.2 Å². The van der Waals surface area contributed by atoms with Crippen LogP contribution in [0, 0.1) is 6.92 Å². The van der Waals surface area contributed by atoms with Gasteiger partial charge in [-0.05, 0) is 18.6 Å². The van der Waals surface area contributed by atoms with E-state index in [0.717, 1.165) is 11.3 Å². The van der Waals surface area contributed by atoms with Gasteiger partial charge in [-0.2, -0.15) is 0 Å². The van der Waals surface area contributed by atoms with Gasteiger partial charge in [-0.3, -0.25) is 0 Å². The Bertz CT molecular complexity index is 597. The molecule has 98 valence electrons. The zero-order chi connectivity index (χ0) is 13.7. The molecule has 0 aliphatic rings. The first-order valence-corrected chi connectivity index (χ1v) is 5.72. The summed E-state index contributed by atoms with van der Waals surface area (Å²) in [5, 5.41) is 6.92. The van der Waals surface area contributed by atoms with Crippen LogP contribution in [0.1, 0.15) is 11.1 Å². The molecule has 0 fully saturated rings. The maximum atomic E-state index is 5.82. The van der Waals surface area contributed by atoms with Crippen LogP contribution in [0.15, 0.2) is 35.7 Å². The first-order chi connectivity index (χ1) is 9.22. The lowest BCUT2D eigenvalue weighted by molar-refractivity contribution is 0.215. The zero-order valence-electron chi connectivity index (χ0n) is 10.8. The van der Waals surface area contributed by atoms with Crippen LogP contribution in [0.5, 0.6) is 0 Å². The van der Waals surface area contributed by atoms with Crippen LogP contribution in [0.3, 0.4) is 0 Å². The minimum atomic E-state index is 0.340. The van der Waals surface area contributed by atoms with E-state index in [1.165, 1.54) is 19.7 Å². The summed E-state index contributed by atoms with van der Waals surface area (Å²) in [7, 11) is 1.46. The molecule has 6 heteroatoms. The molecule has 0 saturated carbocycles. The summed E-state index contributed by atoms with van der Waals surface area (Å²) in [5.41, 5.74) is 8.46. The van der Waals surface area contributed by atoms with Gasteiger partial charge in [-0.25, -0.2) is 9.97 Å². The second-order valence-electron chi connectivity index (χ2n) is 3.88. The molecule has 0 unspecified atom stereocenters. The molecule has 3 N–H and O–H groups in total. The van der Waals surface area contributed by atoms with E-state index in [1.54, 1.807) is 0 Å². The van der Waals surface area contributed by atoms with Crippen LogP contribution < -0.4 is 11.1 Å². The predicted octanol–water partition coefficient (Wildman–Crippen LogP) is 2.09. The Morgan fingerprint density at radius 1 is 1.32 bits per heavy atom. The highest BCUT2D eigenvalue weighted by Crippen LogP contribution is 2.22. The third kappa shape index (κ3) is 2.98. The highest BCUT2D eigenvalue weighted by atomic mass is 16.6. The number of aryl methyl sites for hydroxylation is 1. The summed E-state index contributed by atoms with van der Waals surface area (Å²) in [5.74, 6) is 0.925. The Morgan fingerprint density at radius 3 is 2.84 bits per heavy atom. The van der Waals surface area contributed by atoms with Crippen LogP contribution >= 0.6 is 0 Å². The Kier molecular flexibility index (Phi) is 3.92. The van der Waals surface area contributed by atoms with Crippen molar-refractivity contribution in [3.8, 4) is 0 Å². The monoisotopic (exact) mass is 257 g/mol. The third-order valence-electron chi connectivity index (χ3n) is 2.60. The lowest BCUT2D eigenvalue weighted by Crippen LogP contribution is -2.05. The van der Waals surface area contributed by atoms with Crippen molar-refractivity contribution >= 4 is 23.5 Å². The van der Waals surface area contributed by atoms with Gasteiger partial charge in [0, 0.05) is 5.69 Å². The number of hydrogen-bond donors (Lipinski definition) is 2. The molecule has 0 amide bonds. The average molecular weight is 257 g/mol. The van der Waals surface area contributed by atoms with E-state index in [0.29, 0.717) is 17.2 Å². The lowest BCUT2D eigenvalue weighted by Gasteiger charge is -2.11. The predicted molar refractivity (Wildman–Crippen MR) is 75.5 cm³/mol. The fourth-order valence-electron chi connectivity index (χ4n) is 1.58. The molecular weight excluding hydrogens is 242 g/mol. The number of rotatable bonds is 4. The first-order valence-electron chi connectivity index (χ1n) is 5.72. The number of hydrogen-bond acceptors (Lipinski definition) is 6. The van der Waals surface area contributed by atoms with Gasteiger partial charge < -0.3 is 15.9 Å². The van der Waals surface area contributed by atoms with E-state index in [1.807, 2.05) is 31.2 Å². The molecule has 2 rings (SSSR count). The van der Waals surface area contributed by atoms with Gasteiger partial charge in [0.05, 0.1) is 11.8 Å². The van der Waals surface area contributed by atoms with E-state index in [-0.39, 0.29) is 0 Å². The Hall–Kier alpha value is -2.63. The van der Waals surface area contributed by atoms with Crippen molar-refractivity contribution in [2.24, 2.45) is 5.16 Å². The molecule has 0 spiro atoms. The number of para-hydroxylation sites is 1. The van der Waals surface area contributed by atoms with E-state index in [4.69, 9.17) is 5.73 Å². The molecule has 1 heterocycles. The maximum absolute atomic E-state index is 5.82. The molecule has 0 saturated heterocycles. The molecule has 19 heavy (non-hydrogen) atoms. The Balaban J connectivity index is 2.37. The van der Waals surface area contributed by atoms with Crippen molar-refractivity contribution in [1.29, 1.82) is 0 Å². The molecule has 0 atom stereocenters. The number of anilines is 3. The minimum Gasteiger partial charge on any atom is -0.399 e. The average Bonchev–Trinajstić information content (AvgIpc) is 2.41. The quantitative estimate of drug-likeness (QED) is 0.647. The largest absolute Gasteiger partial charge is 0.399 e. The fourth-order valence-corrected chi connectivity index (χ4v) is 1.58. The topological polar surface area (TPSA) is 85.4 Å². The molecule has 0 aliphatic heterocycles. The van der Waals surface area contributed by atoms with Crippen LogP contribution in [-0.2, 0) is 4.84 Å². The van der Waals surface area contributed by atoms with Crippen molar-refractivity contribution in [1.82, 2.24) is 9.97 Å². The highest BCUT2D eigenvalue weighted by Gasteiger charge is 2.08. The fraction of sp³-hybridized carbons (Fsp3) is 0.154. The summed E-state index contributed by atoms with van der Waals surface area (Å²) in [6, 6.07) is 7.89. The van der Waals surface area contributed by atoms with E-state index >= 15 is 0 Å². The van der Waals surface area contributed by atoms with E-state index in [9.17, 15) is 0 Å². The smallest absolute Gasteiger partial charge is 0.144 e. The minimum absolute atomic E-state index is 0.340. The molecule has 1 aromatic carbocycles. The SMILES string of the molecule is CO/N=C/c1c(N)ncnc1Nc1ccccc1C. The second-order valence-corrected chi connectivity index (χ2v) is 3.88. The maximum Gasteiger partial charge on any atom is 0.144 e. The highest BCUT2D eigenvalue weighted by molar-refractivity contribution is 5.92. The summed E-state index contributed by atoms with van der Waals surface area (Å²) in [4.78, 5) is 12.8. The number of nitrogens with zero attached hydrogens (tertiary/aromatic N) is 3. The summed E-state index contributed by atoms with van der Waals surface area (Å²) < 4.78 is 0. The van der Waals surface area contributed by atoms with Crippen LogP contribution in [0.25, 0.3) is 0 Å². The summed E-state index contributed by atoms with van der Waals surface area (Å²) >= 11 is 0. The van der Waals surface area contributed by atoms with Crippen molar-refractivity contribution in [2.45, 2.75) is 6.92 Å². The number of nitrogen functional groups attached to an aromatic ring is 1. The first kappa shape index (κ1) is 12.8. The van der Waals surface area contributed by atoms with Crippen LogP contribution in [-0.4, -0.2) is 23.3 Å². The molecule has 6 nitrogen and oxygen atoms in total. The molecule has 0 radical (unpaired) electrons. The molecule has 0 bridgehead atoms. The number of nitrogens with two attached hydrogens (primary N) is 1. The standard InChI is InChI=1S/C13H15N5O/c1-9-5-3-4-6-11(9)18-13-10(7-17-19-2)12(14)15-8-16-13/h3-8H,1-2H3,(H3,14,15,16,18)/b17-7+. The normalized spacial score (nSPS) is 10.6. The Morgan fingerprint density at radius 2 is 2.11 bits per heavy atom. The number of benzene rings is 1. The van der Waals surface area contributed by atoms with E-state index in [2.05, 4.69) is 25.3 Å². The van der Waals surface area contributed by atoms with Gasteiger partial charge in [0.15, 0.2) is 0 Å². The Labute approximate surface area is 111 Å². The van der Waals surface area contributed by atoms with Crippen LogP contribution in [0.2, 0.25) is 0 Å². The zero-order valence-corrected chi connectivity index (χ0v) is 10.8. The third-order valence-corrected chi connectivity index (χ3v) is 2.60. The van der Waals surface area contributed by atoms with Gasteiger partial charge in [0.2, 0.25) is 0 Å². The van der Waals surface area contributed by atoms with Crippen LogP contribution in [0.4, 0.5) is 17.3 Å². The number of nitrogens with one attached hydrogen (secondary N) is 1. The van der Waals surface area contributed by atoms with Gasteiger partial charge in [0.1, 0.15) is 25.1 Å². The summed E-state index contributed by atoms with van der Waals surface area (Å²) in [6.45, 7) is 2.01. The molecule has 2 aromatic rings. The van der Waals surface area contributed by atoms with Crippen molar-refractivity contribution < 1.29 is 4.84 Å². The van der Waals surface area contributed by atoms with Crippen molar-refractivity contribution in [3.05, 3.63) is 41.7 Å². The van der Waals surface area contributed by atoms with Gasteiger partial charge in [-0.15, -0.1) is 0 Å². The van der Waals surface area contributed by atoms with Gasteiger partial charge >= 0.3 is 0 Å². The molecular formula is C13H15N5O. The molecule has 0 aliphatic carbocycles. The lowest BCUT2D eigenvalue weighted by atomic mass is 10.2. The van der Waals surface area contributed by atoms with Crippen molar-refractivity contribution in [3.63, 3.8) is 0 Å².